The molecule has 0 aromatic heterocycles. The molecule has 0 radical (unpaired) electrons. The Morgan fingerprint density at radius 1 is 1.47 bits per heavy atom. The Balaban J connectivity index is 1.95. The highest BCUT2D eigenvalue weighted by molar-refractivity contribution is 7.89. The first-order valence-electron chi connectivity index (χ1n) is 6.14. The molecular weight excluding hydrogens is 291 g/mol. The molecular formula is C12H16ClFN2O2S. The van der Waals surface area contributed by atoms with Gasteiger partial charge in [-0.05, 0) is 50.0 Å². The smallest absolute Gasteiger partial charge is 0.240 e. The predicted molar refractivity (Wildman–Crippen MR) is 72.2 cm³/mol. The summed E-state index contributed by atoms with van der Waals surface area (Å²) < 4.78 is 39.4. The highest BCUT2D eigenvalue weighted by Gasteiger charge is 2.18. The van der Waals surface area contributed by atoms with Crippen molar-refractivity contribution in [2.24, 2.45) is 5.92 Å². The van der Waals surface area contributed by atoms with Crippen molar-refractivity contribution in [3.8, 4) is 0 Å². The lowest BCUT2D eigenvalue weighted by Crippen LogP contribution is -2.26. The summed E-state index contributed by atoms with van der Waals surface area (Å²) in [5.41, 5.74) is 0. The Hall–Kier alpha value is -0.690. The summed E-state index contributed by atoms with van der Waals surface area (Å²) >= 11 is 5.58. The molecule has 1 saturated heterocycles. The molecule has 0 spiro atoms. The number of nitrogens with one attached hydrogen (secondary N) is 2. The second-order valence-corrected chi connectivity index (χ2v) is 6.80. The Kier molecular flexibility index (Phi) is 4.78. The lowest BCUT2D eigenvalue weighted by Gasteiger charge is -2.10. The molecule has 2 N–H and O–H groups in total. The molecule has 0 aliphatic carbocycles. The van der Waals surface area contributed by atoms with Gasteiger partial charge in [0.1, 0.15) is 5.82 Å². The van der Waals surface area contributed by atoms with Crippen LogP contribution in [-0.2, 0) is 10.0 Å². The van der Waals surface area contributed by atoms with Crippen molar-refractivity contribution in [3.05, 3.63) is 29.0 Å². The van der Waals surface area contributed by atoms with Gasteiger partial charge in [0.25, 0.3) is 0 Å². The third-order valence-electron chi connectivity index (χ3n) is 3.21. The molecule has 19 heavy (non-hydrogen) atoms. The Labute approximate surface area is 117 Å². The van der Waals surface area contributed by atoms with Crippen LogP contribution in [0.25, 0.3) is 0 Å². The fourth-order valence-corrected chi connectivity index (χ4v) is 3.40. The van der Waals surface area contributed by atoms with Crippen LogP contribution in [0.5, 0.6) is 0 Å². The van der Waals surface area contributed by atoms with E-state index >= 15 is 0 Å². The fraction of sp³-hybridized carbons (Fsp3) is 0.500. The van der Waals surface area contributed by atoms with Crippen molar-refractivity contribution in [3.63, 3.8) is 0 Å². The van der Waals surface area contributed by atoms with Crippen LogP contribution < -0.4 is 10.0 Å². The summed E-state index contributed by atoms with van der Waals surface area (Å²) in [4.78, 5) is -0.0107. The largest absolute Gasteiger partial charge is 0.316 e. The molecule has 1 aliphatic heterocycles. The maximum absolute atomic E-state index is 13.0. The highest BCUT2D eigenvalue weighted by Crippen LogP contribution is 2.19. The summed E-state index contributed by atoms with van der Waals surface area (Å²) in [5.74, 6) is -0.114. The van der Waals surface area contributed by atoms with E-state index < -0.39 is 15.8 Å². The number of sulfonamides is 1. The molecule has 7 heteroatoms. The molecule has 0 bridgehead atoms. The van der Waals surface area contributed by atoms with Crippen LogP contribution in [0.15, 0.2) is 23.1 Å². The third-order valence-corrected chi connectivity index (χ3v) is 4.96. The van der Waals surface area contributed by atoms with Gasteiger partial charge in [-0.2, -0.15) is 0 Å². The number of hydrogen-bond donors (Lipinski definition) is 2. The Morgan fingerprint density at radius 2 is 2.26 bits per heavy atom. The van der Waals surface area contributed by atoms with E-state index in [0.29, 0.717) is 12.5 Å². The summed E-state index contributed by atoms with van der Waals surface area (Å²) in [6, 6.07) is 3.38. The zero-order valence-corrected chi connectivity index (χ0v) is 11.9. The monoisotopic (exact) mass is 306 g/mol. The quantitative estimate of drug-likeness (QED) is 0.871. The van der Waals surface area contributed by atoms with E-state index in [1.807, 2.05) is 0 Å². The van der Waals surface area contributed by atoms with Gasteiger partial charge in [0.05, 0.1) is 9.92 Å². The van der Waals surface area contributed by atoms with Crippen molar-refractivity contribution < 1.29 is 12.8 Å². The lowest BCUT2D eigenvalue weighted by molar-refractivity contribution is 0.519. The van der Waals surface area contributed by atoms with E-state index in [2.05, 4.69) is 10.0 Å². The Morgan fingerprint density at radius 3 is 2.89 bits per heavy atom. The van der Waals surface area contributed by atoms with E-state index in [4.69, 9.17) is 11.6 Å². The minimum atomic E-state index is -3.61. The molecule has 2 rings (SSSR count). The Bertz CT molecular complexity index is 545. The molecule has 1 aliphatic rings. The van der Waals surface area contributed by atoms with Crippen molar-refractivity contribution in [1.82, 2.24) is 10.0 Å². The molecule has 1 heterocycles. The number of halogens is 2. The van der Waals surface area contributed by atoms with E-state index in [1.54, 1.807) is 0 Å². The van der Waals surface area contributed by atoms with Crippen LogP contribution in [0.1, 0.15) is 12.8 Å². The first-order chi connectivity index (χ1) is 8.99. The van der Waals surface area contributed by atoms with Gasteiger partial charge >= 0.3 is 0 Å². The molecule has 106 valence electrons. The van der Waals surface area contributed by atoms with Gasteiger partial charge in [0, 0.05) is 6.54 Å². The normalized spacial score (nSPS) is 19.8. The van der Waals surface area contributed by atoms with Crippen molar-refractivity contribution in [2.75, 3.05) is 19.6 Å². The molecule has 0 amide bonds. The maximum atomic E-state index is 13.0. The number of rotatable bonds is 5. The lowest BCUT2D eigenvalue weighted by atomic mass is 10.1. The molecule has 1 atom stereocenters. The maximum Gasteiger partial charge on any atom is 0.240 e. The standard InChI is InChI=1S/C12H16ClFN2O2S/c13-11-7-10(1-2-12(11)14)19(17,18)16-6-4-9-3-5-15-8-9/h1-2,7,9,15-16H,3-6,8H2. The zero-order chi connectivity index (χ0) is 13.9. The van der Waals surface area contributed by atoms with Crippen LogP contribution in [0.2, 0.25) is 5.02 Å². The van der Waals surface area contributed by atoms with Gasteiger partial charge in [-0.25, -0.2) is 17.5 Å². The second-order valence-electron chi connectivity index (χ2n) is 4.62. The summed E-state index contributed by atoms with van der Waals surface area (Å²) in [5, 5.41) is 3.04. The van der Waals surface area contributed by atoms with Gasteiger partial charge in [-0.1, -0.05) is 11.6 Å². The van der Waals surface area contributed by atoms with Crippen LogP contribution in [0.4, 0.5) is 4.39 Å². The average Bonchev–Trinajstić information content (AvgIpc) is 2.85. The fourth-order valence-electron chi connectivity index (χ4n) is 2.09. The van der Waals surface area contributed by atoms with E-state index in [-0.39, 0.29) is 9.92 Å². The first-order valence-corrected chi connectivity index (χ1v) is 8.00. The number of benzene rings is 1. The SMILES string of the molecule is O=S(=O)(NCCC1CCNC1)c1ccc(F)c(Cl)c1. The molecule has 1 aromatic rings. The van der Waals surface area contributed by atoms with Gasteiger partial charge in [-0.3, -0.25) is 0 Å². The first kappa shape index (κ1) is 14.7. The van der Waals surface area contributed by atoms with E-state index in [9.17, 15) is 12.8 Å². The van der Waals surface area contributed by atoms with Crippen LogP contribution in [-0.4, -0.2) is 28.1 Å². The molecule has 1 unspecified atom stereocenters. The molecule has 0 saturated carbocycles. The van der Waals surface area contributed by atoms with Crippen LogP contribution in [0.3, 0.4) is 0 Å². The molecule has 1 fully saturated rings. The van der Waals surface area contributed by atoms with Crippen molar-refractivity contribution in [1.29, 1.82) is 0 Å². The molecule has 4 nitrogen and oxygen atoms in total. The van der Waals surface area contributed by atoms with E-state index in [1.165, 1.54) is 6.07 Å². The van der Waals surface area contributed by atoms with Crippen LogP contribution in [0, 0.1) is 11.7 Å². The van der Waals surface area contributed by atoms with Gasteiger partial charge < -0.3 is 5.32 Å². The van der Waals surface area contributed by atoms with Crippen molar-refractivity contribution >= 4 is 21.6 Å². The average molecular weight is 307 g/mol. The summed E-state index contributed by atoms with van der Waals surface area (Å²) in [6.07, 6.45) is 1.87. The van der Waals surface area contributed by atoms with E-state index in [0.717, 1.165) is 38.1 Å². The highest BCUT2D eigenvalue weighted by atomic mass is 35.5. The summed E-state index contributed by atoms with van der Waals surface area (Å²) in [6.45, 7) is 2.30. The van der Waals surface area contributed by atoms with Crippen LogP contribution >= 0.6 is 11.6 Å². The number of hydrogen-bond acceptors (Lipinski definition) is 3. The van der Waals surface area contributed by atoms with Gasteiger partial charge in [-0.15, -0.1) is 0 Å². The van der Waals surface area contributed by atoms with Gasteiger partial charge in [0.15, 0.2) is 0 Å². The van der Waals surface area contributed by atoms with Crippen molar-refractivity contribution in [2.45, 2.75) is 17.7 Å². The topological polar surface area (TPSA) is 58.2 Å². The molecule has 1 aromatic carbocycles. The second kappa shape index (κ2) is 6.17. The van der Waals surface area contributed by atoms with Gasteiger partial charge in [0.2, 0.25) is 10.0 Å². The third kappa shape index (κ3) is 3.89. The minimum absolute atomic E-state index is 0.0107. The minimum Gasteiger partial charge on any atom is -0.316 e. The predicted octanol–water partition coefficient (Wildman–Crippen LogP) is 1.76. The zero-order valence-electron chi connectivity index (χ0n) is 10.3. The summed E-state index contributed by atoms with van der Waals surface area (Å²) in [7, 11) is -3.61.